The molecule has 0 amide bonds. The van der Waals surface area contributed by atoms with Gasteiger partial charge in [-0.3, -0.25) is 0 Å². The Morgan fingerprint density at radius 2 is 2.00 bits per heavy atom. The van der Waals surface area contributed by atoms with Crippen LogP contribution in [0, 0.1) is 11.7 Å². The van der Waals surface area contributed by atoms with E-state index in [1.54, 1.807) is 6.07 Å². The van der Waals surface area contributed by atoms with Crippen LogP contribution < -0.4 is 5.73 Å². The van der Waals surface area contributed by atoms with Crippen molar-refractivity contribution >= 4 is 15.9 Å². The number of rotatable bonds is 3. The summed E-state index contributed by atoms with van der Waals surface area (Å²) in [5, 5.41) is 0. The Kier molecular flexibility index (Phi) is 3.98. The summed E-state index contributed by atoms with van der Waals surface area (Å²) in [5.74, 6) is 0.435. The highest BCUT2D eigenvalue weighted by molar-refractivity contribution is 9.10. The van der Waals surface area contributed by atoms with Crippen molar-refractivity contribution in [3.63, 3.8) is 0 Å². The molecule has 2 rings (SSSR count). The van der Waals surface area contributed by atoms with Gasteiger partial charge in [0.05, 0.1) is 0 Å². The molecule has 1 atom stereocenters. The molecular weight excluding hydrogens is 269 g/mol. The Morgan fingerprint density at radius 3 is 2.62 bits per heavy atom. The van der Waals surface area contributed by atoms with E-state index in [0.717, 1.165) is 16.5 Å². The molecule has 88 valence electrons. The zero-order valence-electron chi connectivity index (χ0n) is 9.26. The van der Waals surface area contributed by atoms with Crippen molar-refractivity contribution in [1.82, 2.24) is 0 Å². The second kappa shape index (κ2) is 5.28. The molecule has 0 spiro atoms. The predicted octanol–water partition coefficient (Wildman–Crippen LogP) is 3.65. The molecule has 0 aliphatic heterocycles. The van der Waals surface area contributed by atoms with E-state index >= 15 is 0 Å². The Bertz CT molecular complexity index is 341. The molecule has 1 fully saturated rings. The number of halogens is 2. The molecule has 3 heteroatoms. The summed E-state index contributed by atoms with van der Waals surface area (Å²) < 4.78 is 14.0. The van der Waals surface area contributed by atoms with E-state index in [-0.39, 0.29) is 11.9 Å². The maximum absolute atomic E-state index is 13.2. The lowest BCUT2D eigenvalue weighted by Gasteiger charge is -2.18. The molecule has 0 heterocycles. The van der Waals surface area contributed by atoms with Crippen LogP contribution >= 0.6 is 15.9 Å². The third-order valence-corrected chi connectivity index (χ3v) is 3.86. The highest BCUT2D eigenvalue weighted by Crippen LogP contribution is 2.28. The quantitative estimate of drug-likeness (QED) is 0.901. The molecule has 0 saturated heterocycles. The van der Waals surface area contributed by atoms with Crippen molar-refractivity contribution in [2.75, 3.05) is 0 Å². The smallest absolute Gasteiger partial charge is 0.124 e. The molecule has 0 bridgehead atoms. The van der Waals surface area contributed by atoms with Crippen molar-refractivity contribution in [2.24, 2.45) is 11.7 Å². The minimum Gasteiger partial charge on any atom is -0.327 e. The van der Waals surface area contributed by atoms with Crippen LogP contribution in [0.3, 0.4) is 0 Å². The topological polar surface area (TPSA) is 26.0 Å². The fraction of sp³-hybridized carbons (Fsp3) is 0.538. The van der Waals surface area contributed by atoms with Crippen LogP contribution in [0.15, 0.2) is 22.7 Å². The van der Waals surface area contributed by atoms with Gasteiger partial charge < -0.3 is 5.73 Å². The largest absolute Gasteiger partial charge is 0.327 e. The molecule has 1 aliphatic rings. The van der Waals surface area contributed by atoms with Gasteiger partial charge in [-0.2, -0.15) is 0 Å². The van der Waals surface area contributed by atoms with Crippen LogP contribution in [0.5, 0.6) is 0 Å². The van der Waals surface area contributed by atoms with Gasteiger partial charge in [-0.1, -0.05) is 28.8 Å². The third-order valence-electron chi connectivity index (χ3n) is 3.40. The minimum absolute atomic E-state index is 0.177. The van der Waals surface area contributed by atoms with Crippen molar-refractivity contribution in [3.05, 3.63) is 34.1 Å². The second-order valence-corrected chi connectivity index (χ2v) is 5.61. The van der Waals surface area contributed by atoms with E-state index in [1.165, 1.54) is 31.7 Å². The van der Waals surface area contributed by atoms with Gasteiger partial charge in [0.15, 0.2) is 0 Å². The third kappa shape index (κ3) is 3.05. The van der Waals surface area contributed by atoms with Crippen LogP contribution in [-0.4, -0.2) is 6.04 Å². The van der Waals surface area contributed by atoms with Crippen molar-refractivity contribution in [1.29, 1.82) is 0 Å². The van der Waals surface area contributed by atoms with Crippen molar-refractivity contribution in [2.45, 2.75) is 38.1 Å². The lowest BCUT2D eigenvalue weighted by Crippen LogP contribution is -2.30. The average molecular weight is 286 g/mol. The minimum atomic E-state index is -0.192. The van der Waals surface area contributed by atoms with Gasteiger partial charge in [-0.25, -0.2) is 4.39 Å². The first-order chi connectivity index (χ1) is 7.65. The molecule has 1 saturated carbocycles. The molecular formula is C13H17BrFN. The number of hydrogen-bond acceptors (Lipinski definition) is 1. The van der Waals surface area contributed by atoms with E-state index < -0.39 is 0 Å². The first-order valence-electron chi connectivity index (χ1n) is 5.85. The van der Waals surface area contributed by atoms with Gasteiger partial charge in [0.25, 0.3) is 0 Å². The standard InChI is InChI=1S/C13H17BrFN/c14-11-5-9(6-12(15)8-11)7-13(16)10-3-1-2-4-10/h5-6,8,10,13H,1-4,7,16H2. The van der Waals surface area contributed by atoms with E-state index in [0.29, 0.717) is 5.92 Å². The summed E-state index contributed by atoms with van der Waals surface area (Å²) in [4.78, 5) is 0. The van der Waals surface area contributed by atoms with Crippen molar-refractivity contribution < 1.29 is 4.39 Å². The van der Waals surface area contributed by atoms with Gasteiger partial charge in [-0.15, -0.1) is 0 Å². The molecule has 1 aliphatic carbocycles. The van der Waals surface area contributed by atoms with Crippen LogP contribution in [-0.2, 0) is 6.42 Å². The maximum atomic E-state index is 13.2. The number of hydrogen-bond donors (Lipinski definition) is 1. The van der Waals surface area contributed by atoms with E-state index in [2.05, 4.69) is 15.9 Å². The molecule has 1 unspecified atom stereocenters. The fourth-order valence-electron chi connectivity index (χ4n) is 2.55. The van der Waals surface area contributed by atoms with Crippen molar-refractivity contribution in [3.8, 4) is 0 Å². The second-order valence-electron chi connectivity index (χ2n) is 4.69. The molecule has 1 nitrogen and oxygen atoms in total. The van der Waals surface area contributed by atoms with Gasteiger partial charge in [0.2, 0.25) is 0 Å². The van der Waals surface area contributed by atoms with Gasteiger partial charge in [0, 0.05) is 10.5 Å². The lowest BCUT2D eigenvalue weighted by atomic mass is 9.93. The normalized spacial score (nSPS) is 18.9. The molecule has 0 radical (unpaired) electrons. The molecule has 1 aromatic rings. The Hall–Kier alpha value is -0.410. The van der Waals surface area contributed by atoms with Crippen LogP contribution in [0.4, 0.5) is 4.39 Å². The highest BCUT2D eigenvalue weighted by atomic mass is 79.9. The SMILES string of the molecule is NC(Cc1cc(F)cc(Br)c1)C1CCCC1. The van der Waals surface area contributed by atoms with E-state index in [4.69, 9.17) is 5.73 Å². The Balaban J connectivity index is 2.02. The lowest BCUT2D eigenvalue weighted by molar-refractivity contribution is 0.428. The first-order valence-corrected chi connectivity index (χ1v) is 6.65. The maximum Gasteiger partial charge on any atom is 0.124 e. The van der Waals surface area contributed by atoms with E-state index in [9.17, 15) is 4.39 Å². The van der Waals surface area contributed by atoms with Crippen LogP contribution in [0.1, 0.15) is 31.2 Å². The zero-order valence-corrected chi connectivity index (χ0v) is 10.8. The fourth-order valence-corrected chi connectivity index (χ4v) is 3.07. The highest BCUT2D eigenvalue weighted by Gasteiger charge is 2.22. The zero-order chi connectivity index (χ0) is 11.5. The van der Waals surface area contributed by atoms with Crippen LogP contribution in [0.2, 0.25) is 0 Å². The average Bonchev–Trinajstić information content (AvgIpc) is 2.68. The summed E-state index contributed by atoms with van der Waals surface area (Å²) >= 11 is 3.31. The van der Waals surface area contributed by atoms with Gasteiger partial charge in [0.1, 0.15) is 5.82 Å². The van der Waals surface area contributed by atoms with E-state index in [1.807, 2.05) is 6.07 Å². The molecule has 16 heavy (non-hydrogen) atoms. The first kappa shape index (κ1) is 12.1. The van der Waals surface area contributed by atoms with Crippen LogP contribution in [0.25, 0.3) is 0 Å². The summed E-state index contributed by atoms with van der Waals surface area (Å²) in [7, 11) is 0. The monoisotopic (exact) mass is 285 g/mol. The van der Waals surface area contributed by atoms with Gasteiger partial charge >= 0.3 is 0 Å². The number of benzene rings is 1. The summed E-state index contributed by atoms with van der Waals surface area (Å²) in [5.41, 5.74) is 7.17. The summed E-state index contributed by atoms with van der Waals surface area (Å²) in [6.45, 7) is 0. The molecule has 0 aromatic heterocycles. The Morgan fingerprint density at radius 1 is 1.31 bits per heavy atom. The summed E-state index contributed by atoms with van der Waals surface area (Å²) in [6, 6.07) is 5.19. The Labute approximate surface area is 104 Å². The van der Waals surface area contributed by atoms with Gasteiger partial charge in [-0.05, 0) is 48.9 Å². The summed E-state index contributed by atoms with van der Waals surface area (Å²) in [6.07, 6.45) is 5.84. The predicted molar refractivity (Wildman–Crippen MR) is 67.7 cm³/mol. The molecule has 2 N–H and O–H groups in total. The molecule has 1 aromatic carbocycles. The number of nitrogens with two attached hydrogens (primary N) is 1.